The van der Waals surface area contributed by atoms with Gasteiger partial charge in [0.25, 0.3) is 0 Å². The Morgan fingerprint density at radius 1 is 1.06 bits per heavy atom. The van der Waals surface area contributed by atoms with Gasteiger partial charge >= 0.3 is 5.97 Å². The number of primary amides is 1. The van der Waals surface area contributed by atoms with Crippen LogP contribution in [0.15, 0.2) is 73.2 Å². The number of rotatable bonds is 9. The van der Waals surface area contributed by atoms with Gasteiger partial charge < -0.3 is 10.5 Å². The third-order valence-electron chi connectivity index (χ3n) is 7.20. The van der Waals surface area contributed by atoms with Crippen LogP contribution < -0.4 is 10.3 Å². The Labute approximate surface area is 201 Å². The van der Waals surface area contributed by atoms with E-state index >= 15 is 0 Å². The smallest absolute Gasteiger partial charge is 0.302 e. The number of nitrogens with zero attached hydrogens (tertiary/aromatic N) is 2. The molecule has 1 aliphatic rings. The molecule has 1 amide bonds. The lowest BCUT2D eigenvalue weighted by molar-refractivity contribution is -0.721. The molecule has 2 atom stereocenters. The van der Waals surface area contributed by atoms with Crippen LogP contribution in [0.4, 0.5) is 0 Å². The Balaban J connectivity index is 1.60. The Kier molecular flexibility index (Phi) is 7.15. The van der Waals surface area contributed by atoms with Gasteiger partial charge in [-0.15, -0.1) is 0 Å². The Morgan fingerprint density at radius 2 is 1.68 bits per heavy atom. The van der Waals surface area contributed by atoms with Gasteiger partial charge in [0.2, 0.25) is 12.2 Å². The van der Waals surface area contributed by atoms with Gasteiger partial charge in [-0.3, -0.25) is 9.59 Å². The third-order valence-corrected chi connectivity index (χ3v) is 7.20. The summed E-state index contributed by atoms with van der Waals surface area (Å²) in [5, 5.41) is 0. The molecule has 2 N–H and O–H groups in total. The molecule has 3 aromatic rings. The minimum atomic E-state index is -0.862. The Hall–Kier alpha value is -3.41. The summed E-state index contributed by atoms with van der Waals surface area (Å²) in [5.41, 5.74) is 8.46. The van der Waals surface area contributed by atoms with E-state index in [1.807, 2.05) is 60.7 Å². The lowest BCUT2D eigenvalue weighted by Crippen LogP contribution is -2.48. The molecule has 0 bridgehead atoms. The molecule has 6 nitrogen and oxygen atoms in total. The van der Waals surface area contributed by atoms with Crippen LogP contribution in [0.25, 0.3) is 0 Å². The third kappa shape index (κ3) is 4.63. The number of carbonyl (C=O) groups excluding carboxylic acids is 2. The number of carbonyl (C=O) groups is 2. The molecule has 0 saturated heterocycles. The van der Waals surface area contributed by atoms with Crippen LogP contribution in [0.3, 0.4) is 0 Å². The fourth-order valence-corrected chi connectivity index (χ4v) is 5.61. The molecule has 1 aliphatic carbocycles. The maximum atomic E-state index is 13.3. The van der Waals surface area contributed by atoms with E-state index in [9.17, 15) is 9.59 Å². The zero-order valence-corrected chi connectivity index (χ0v) is 20.0. The second-order valence-corrected chi connectivity index (χ2v) is 9.29. The predicted octanol–water partition coefficient (Wildman–Crippen LogP) is 3.85. The van der Waals surface area contributed by atoms with E-state index in [0.29, 0.717) is 12.6 Å². The van der Waals surface area contributed by atoms with Crippen molar-refractivity contribution >= 4 is 11.9 Å². The van der Waals surface area contributed by atoms with Crippen molar-refractivity contribution in [1.29, 1.82) is 0 Å². The molecule has 1 heterocycles. The average Bonchev–Trinajstić information content (AvgIpc) is 3.46. The lowest BCUT2D eigenvalue weighted by Gasteiger charge is -2.37. The van der Waals surface area contributed by atoms with Crippen molar-refractivity contribution in [3.63, 3.8) is 0 Å². The van der Waals surface area contributed by atoms with Gasteiger partial charge in [-0.25, -0.2) is 9.13 Å². The monoisotopic (exact) mass is 460 g/mol. The number of aryl methyl sites for hydroxylation is 2. The van der Waals surface area contributed by atoms with Gasteiger partial charge in [0.15, 0.2) is 0 Å². The first-order valence-corrected chi connectivity index (χ1v) is 12.0. The molecule has 0 unspecified atom stereocenters. The Morgan fingerprint density at radius 3 is 2.24 bits per heavy atom. The maximum absolute atomic E-state index is 13.3. The first-order chi connectivity index (χ1) is 16.4. The highest BCUT2D eigenvalue weighted by molar-refractivity contribution is 5.91. The van der Waals surface area contributed by atoms with Crippen molar-refractivity contribution in [2.45, 2.75) is 57.5 Å². The predicted molar refractivity (Wildman–Crippen MR) is 130 cm³/mol. The molecule has 1 saturated carbocycles. The van der Waals surface area contributed by atoms with E-state index in [-0.39, 0.29) is 17.8 Å². The van der Waals surface area contributed by atoms with Gasteiger partial charge in [0, 0.05) is 20.3 Å². The molecule has 34 heavy (non-hydrogen) atoms. The molecule has 6 heteroatoms. The van der Waals surface area contributed by atoms with Crippen LogP contribution in [0.1, 0.15) is 55.5 Å². The van der Waals surface area contributed by atoms with Crippen molar-refractivity contribution in [1.82, 2.24) is 4.57 Å². The van der Waals surface area contributed by atoms with E-state index in [2.05, 4.69) is 28.6 Å². The first kappa shape index (κ1) is 23.7. The quantitative estimate of drug-likeness (QED) is 0.299. The van der Waals surface area contributed by atoms with Gasteiger partial charge in [0.05, 0.1) is 13.2 Å². The summed E-state index contributed by atoms with van der Waals surface area (Å²) in [6, 6.07) is 20.3. The number of nitrogens with two attached hydrogens (primary N) is 1. The van der Waals surface area contributed by atoms with Crippen LogP contribution >= 0.6 is 0 Å². The number of ether oxygens (including phenoxy) is 1. The van der Waals surface area contributed by atoms with Gasteiger partial charge in [-0.2, -0.15) is 0 Å². The summed E-state index contributed by atoms with van der Waals surface area (Å²) in [5.74, 6) is -0.439. The second kappa shape index (κ2) is 10.2. The Bertz CT molecular complexity index is 1080. The van der Waals surface area contributed by atoms with E-state index in [0.717, 1.165) is 43.4 Å². The topological polar surface area (TPSA) is 78.2 Å². The molecule has 0 aliphatic heterocycles. The molecule has 0 spiro atoms. The van der Waals surface area contributed by atoms with E-state index in [1.54, 1.807) is 0 Å². The summed E-state index contributed by atoms with van der Waals surface area (Å²) in [7, 11) is 0. The minimum Gasteiger partial charge on any atom is -0.466 e. The lowest BCUT2D eigenvalue weighted by atomic mass is 9.64. The largest absolute Gasteiger partial charge is 0.466 e. The van der Waals surface area contributed by atoms with Crippen molar-refractivity contribution in [2.24, 2.45) is 11.7 Å². The summed E-state index contributed by atoms with van der Waals surface area (Å²) < 4.78 is 9.55. The number of esters is 1. The van der Waals surface area contributed by atoms with Crippen LogP contribution in [0.5, 0.6) is 0 Å². The number of imidazole rings is 1. The standard InChI is InChI=1S/C28H33N3O3/c1-21-19-31(20-30(21)16-9-17-34-22(2)32)26-15-14-25(18-26)28(27(29)33,23-10-5-3-6-11-23)24-12-7-4-8-13-24/h3-8,10-13,19-20,25-26H,9,14-18H2,1-2H3,(H-,29,33)/p+1/t25-,26-/m1/s1. The average molecular weight is 461 g/mol. The zero-order chi connectivity index (χ0) is 24.1. The van der Waals surface area contributed by atoms with E-state index in [4.69, 9.17) is 10.5 Å². The summed E-state index contributed by atoms with van der Waals surface area (Å²) in [6.07, 6.45) is 7.87. The molecule has 1 fully saturated rings. The van der Waals surface area contributed by atoms with Gasteiger partial charge in [-0.1, -0.05) is 60.7 Å². The van der Waals surface area contributed by atoms with E-state index < -0.39 is 5.41 Å². The molecule has 4 rings (SSSR count). The SMILES string of the molecule is CC(=O)OCCCn1c[n+]([C@@H]2CC[C@@H](C(C(N)=O)(c3ccccc3)c3ccccc3)C2)cc1C. The summed E-state index contributed by atoms with van der Waals surface area (Å²) in [6.45, 7) is 4.74. The zero-order valence-electron chi connectivity index (χ0n) is 20.0. The number of hydrogen-bond donors (Lipinski definition) is 1. The molecular formula is C28H34N3O3+. The highest BCUT2D eigenvalue weighted by atomic mass is 16.5. The highest BCUT2D eigenvalue weighted by Gasteiger charge is 2.50. The molecule has 2 aromatic carbocycles. The van der Waals surface area contributed by atoms with Crippen molar-refractivity contribution in [2.75, 3.05) is 6.61 Å². The minimum absolute atomic E-state index is 0.0972. The van der Waals surface area contributed by atoms with Crippen molar-refractivity contribution < 1.29 is 18.9 Å². The van der Waals surface area contributed by atoms with Crippen molar-refractivity contribution in [3.05, 3.63) is 90.0 Å². The second-order valence-electron chi connectivity index (χ2n) is 9.29. The van der Waals surface area contributed by atoms with Crippen LogP contribution in [0, 0.1) is 12.8 Å². The summed E-state index contributed by atoms with van der Waals surface area (Å²) in [4.78, 5) is 24.3. The fourth-order valence-electron chi connectivity index (χ4n) is 5.61. The number of amides is 1. The molecular weight excluding hydrogens is 426 g/mol. The first-order valence-electron chi connectivity index (χ1n) is 12.0. The summed E-state index contributed by atoms with van der Waals surface area (Å²) >= 11 is 0. The maximum Gasteiger partial charge on any atom is 0.302 e. The normalized spacial score (nSPS) is 18.1. The molecule has 178 valence electrons. The van der Waals surface area contributed by atoms with Gasteiger partial charge in [-0.05, 0) is 36.3 Å². The molecule has 1 aromatic heterocycles. The van der Waals surface area contributed by atoms with E-state index in [1.165, 1.54) is 12.6 Å². The molecule has 0 radical (unpaired) electrons. The van der Waals surface area contributed by atoms with Crippen LogP contribution in [-0.4, -0.2) is 23.1 Å². The van der Waals surface area contributed by atoms with Crippen LogP contribution in [-0.2, 0) is 26.3 Å². The van der Waals surface area contributed by atoms with Crippen molar-refractivity contribution in [3.8, 4) is 0 Å². The number of hydrogen-bond acceptors (Lipinski definition) is 3. The number of aromatic nitrogens is 2. The fraction of sp³-hybridized carbons (Fsp3) is 0.393. The van der Waals surface area contributed by atoms with Gasteiger partial charge in [0.1, 0.15) is 23.3 Å². The highest BCUT2D eigenvalue weighted by Crippen LogP contribution is 2.48. The number of benzene rings is 2. The van der Waals surface area contributed by atoms with Crippen LogP contribution in [0.2, 0.25) is 0 Å².